The largest absolute Gasteiger partial charge is 0.497 e. The van der Waals surface area contributed by atoms with Gasteiger partial charge in [-0.2, -0.15) is 0 Å². The summed E-state index contributed by atoms with van der Waals surface area (Å²) in [7, 11) is 3.42. The van der Waals surface area contributed by atoms with Crippen molar-refractivity contribution in [3.05, 3.63) is 57.5 Å². The van der Waals surface area contributed by atoms with Crippen molar-refractivity contribution >= 4 is 27.3 Å². The SMILES string of the molecule is CCN(Cc1nnc2n(C)c(=O)c3sccc3n12)C(C)c1cccc(OC)c1. The van der Waals surface area contributed by atoms with E-state index in [1.54, 1.807) is 18.7 Å². The number of rotatable bonds is 6. The van der Waals surface area contributed by atoms with Gasteiger partial charge in [-0.3, -0.25) is 18.7 Å². The zero-order chi connectivity index (χ0) is 19.8. The van der Waals surface area contributed by atoms with Gasteiger partial charge >= 0.3 is 0 Å². The minimum absolute atomic E-state index is 0.0338. The second-order valence-electron chi connectivity index (χ2n) is 6.77. The zero-order valence-electron chi connectivity index (χ0n) is 16.4. The van der Waals surface area contributed by atoms with Gasteiger partial charge in [-0.1, -0.05) is 19.1 Å². The molecule has 0 fully saturated rings. The molecule has 1 aromatic carbocycles. The smallest absolute Gasteiger partial charge is 0.272 e. The molecule has 3 aromatic heterocycles. The van der Waals surface area contributed by atoms with Gasteiger partial charge in [0, 0.05) is 13.1 Å². The van der Waals surface area contributed by atoms with E-state index in [9.17, 15) is 4.79 Å². The predicted molar refractivity (Wildman–Crippen MR) is 111 cm³/mol. The molecule has 0 N–H and O–H groups in total. The van der Waals surface area contributed by atoms with Gasteiger partial charge in [0.05, 0.1) is 19.2 Å². The first-order chi connectivity index (χ1) is 13.5. The lowest BCUT2D eigenvalue weighted by molar-refractivity contribution is 0.207. The van der Waals surface area contributed by atoms with Crippen molar-refractivity contribution in [2.45, 2.75) is 26.4 Å². The van der Waals surface area contributed by atoms with E-state index in [1.165, 1.54) is 16.9 Å². The van der Waals surface area contributed by atoms with Crippen LogP contribution in [0.15, 0.2) is 40.5 Å². The fraction of sp³-hybridized carbons (Fsp3) is 0.350. The Bertz CT molecular complexity index is 1190. The summed E-state index contributed by atoms with van der Waals surface area (Å²) < 4.78 is 9.65. The molecule has 0 bridgehead atoms. The summed E-state index contributed by atoms with van der Waals surface area (Å²) in [6, 6.07) is 10.3. The molecule has 146 valence electrons. The molecule has 0 spiro atoms. The molecule has 0 radical (unpaired) electrons. The maximum atomic E-state index is 12.5. The van der Waals surface area contributed by atoms with E-state index >= 15 is 0 Å². The van der Waals surface area contributed by atoms with Crippen LogP contribution in [0, 0.1) is 0 Å². The fourth-order valence-electron chi connectivity index (χ4n) is 3.57. The first kappa shape index (κ1) is 18.6. The van der Waals surface area contributed by atoms with Gasteiger partial charge in [-0.05, 0) is 42.6 Å². The number of methoxy groups -OCH3 is 1. The molecule has 4 rings (SSSR count). The van der Waals surface area contributed by atoms with Gasteiger partial charge in [0.2, 0.25) is 5.78 Å². The average molecular weight is 398 g/mol. The minimum atomic E-state index is -0.0338. The molecular formula is C20H23N5O2S. The van der Waals surface area contributed by atoms with Crippen LogP contribution in [0.4, 0.5) is 0 Å². The zero-order valence-corrected chi connectivity index (χ0v) is 17.2. The van der Waals surface area contributed by atoms with E-state index in [0.29, 0.717) is 12.3 Å². The summed E-state index contributed by atoms with van der Waals surface area (Å²) in [5.41, 5.74) is 2.02. The van der Waals surface area contributed by atoms with Crippen molar-refractivity contribution < 1.29 is 4.74 Å². The lowest BCUT2D eigenvalue weighted by atomic mass is 10.1. The number of nitrogens with zero attached hydrogens (tertiary/aromatic N) is 5. The van der Waals surface area contributed by atoms with Crippen LogP contribution in [-0.4, -0.2) is 37.7 Å². The van der Waals surface area contributed by atoms with Crippen molar-refractivity contribution in [3.8, 4) is 5.75 Å². The first-order valence-electron chi connectivity index (χ1n) is 9.23. The molecule has 0 saturated heterocycles. The maximum Gasteiger partial charge on any atom is 0.272 e. The highest BCUT2D eigenvalue weighted by Gasteiger charge is 2.20. The molecule has 0 aliphatic carbocycles. The Labute approximate surface area is 166 Å². The van der Waals surface area contributed by atoms with Crippen LogP contribution in [-0.2, 0) is 13.6 Å². The second kappa shape index (κ2) is 7.37. The molecule has 7 nitrogen and oxygen atoms in total. The summed E-state index contributed by atoms with van der Waals surface area (Å²) in [6.07, 6.45) is 0. The lowest BCUT2D eigenvalue weighted by Crippen LogP contribution is -2.28. The molecule has 3 heterocycles. The summed E-state index contributed by atoms with van der Waals surface area (Å²) >= 11 is 1.45. The van der Waals surface area contributed by atoms with E-state index < -0.39 is 0 Å². The van der Waals surface area contributed by atoms with Crippen molar-refractivity contribution in [3.63, 3.8) is 0 Å². The van der Waals surface area contributed by atoms with Gasteiger partial charge in [0.15, 0.2) is 5.82 Å². The Balaban J connectivity index is 1.75. The minimum Gasteiger partial charge on any atom is -0.497 e. The maximum absolute atomic E-state index is 12.5. The topological polar surface area (TPSA) is 64.7 Å². The van der Waals surface area contributed by atoms with Gasteiger partial charge < -0.3 is 4.74 Å². The Morgan fingerprint density at radius 3 is 2.86 bits per heavy atom. The van der Waals surface area contributed by atoms with E-state index in [2.05, 4.69) is 41.1 Å². The Hall–Kier alpha value is -2.71. The molecular weight excluding hydrogens is 374 g/mol. The highest BCUT2D eigenvalue weighted by atomic mass is 32.1. The number of thiophene rings is 1. The van der Waals surface area contributed by atoms with Gasteiger partial charge in [0.25, 0.3) is 5.56 Å². The van der Waals surface area contributed by atoms with Gasteiger partial charge in [-0.15, -0.1) is 21.5 Å². The van der Waals surface area contributed by atoms with E-state index in [-0.39, 0.29) is 11.6 Å². The van der Waals surface area contributed by atoms with Crippen LogP contribution >= 0.6 is 11.3 Å². The Morgan fingerprint density at radius 2 is 2.11 bits per heavy atom. The Kier molecular flexibility index (Phi) is 4.91. The second-order valence-corrected chi connectivity index (χ2v) is 7.68. The van der Waals surface area contributed by atoms with Crippen molar-refractivity contribution in [2.75, 3.05) is 13.7 Å². The van der Waals surface area contributed by atoms with E-state index in [4.69, 9.17) is 4.74 Å². The number of fused-ring (bicyclic) bond motifs is 3. The summed E-state index contributed by atoms with van der Waals surface area (Å²) in [4.78, 5) is 14.8. The molecule has 28 heavy (non-hydrogen) atoms. The molecule has 0 aliphatic heterocycles. The summed E-state index contributed by atoms with van der Waals surface area (Å²) in [5.74, 6) is 2.24. The number of hydrogen-bond donors (Lipinski definition) is 0. The monoisotopic (exact) mass is 397 g/mol. The summed E-state index contributed by atoms with van der Waals surface area (Å²) in [5, 5.41) is 10.6. The lowest BCUT2D eigenvalue weighted by Gasteiger charge is -2.27. The van der Waals surface area contributed by atoms with Crippen LogP contribution in [0.5, 0.6) is 5.75 Å². The van der Waals surface area contributed by atoms with Crippen LogP contribution in [0.25, 0.3) is 16.0 Å². The van der Waals surface area contributed by atoms with Crippen molar-refractivity contribution in [1.82, 2.24) is 24.1 Å². The molecule has 1 unspecified atom stereocenters. The molecule has 0 amide bonds. The molecule has 8 heteroatoms. The standard InChI is InChI=1S/C20H23N5O2S/c1-5-24(13(2)14-7-6-8-15(11-14)27-4)12-17-21-22-20-23(3)19(26)18-16(25(17)20)9-10-28-18/h6-11,13H,5,12H2,1-4H3. The Morgan fingerprint density at radius 1 is 1.29 bits per heavy atom. The number of aryl methyl sites for hydroxylation is 1. The van der Waals surface area contributed by atoms with Gasteiger partial charge in [-0.25, -0.2) is 0 Å². The van der Waals surface area contributed by atoms with Crippen molar-refractivity contribution in [2.24, 2.45) is 7.05 Å². The normalized spacial score (nSPS) is 12.9. The average Bonchev–Trinajstić information content (AvgIpc) is 3.36. The summed E-state index contributed by atoms with van der Waals surface area (Å²) in [6.45, 7) is 5.79. The highest BCUT2D eigenvalue weighted by Crippen LogP contribution is 2.26. The predicted octanol–water partition coefficient (Wildman–Crippen LogP) is 3.23. The van der Waals surface area contributed by atoms with E-state index in [1.807, 2.05) is 28.0 Å². The van der Waals surface area contributed by atoms with Crippen LogP contribution < -0.4 is 10.3 Å². The number of benzene rings is 1. The third-order valence-corrected chi connectivity index (χ3v) is 6.16. The molecule has 0 saturated carbocycles. The quantitative estimate of drug-likeness (QED) is 0.500. The third-order valence-electron chi connectivity index (χ3n) is 5.27. The number of ether oxygens (including phenoxy) is 1. The molecule has 0 aliphatic rings. The first-order valence-corrected chi connectivity index (χ1v) is 10.1. The number of aromatic nitrogens is 4. The van der Waals surface area contributed by atoms with E-state index in [0.717, 1.165) is 28.3 Å². The number of hydrogen-bond acceptors (Lipinski definition) is 6. The molecule has 1 atom stereocenters. The fourth-order valence-corrected chi connectivity index (χ4v) is 4.42. The third kappa shape index (κ3) is 2.98. The van der Waals surface area contributed by atoms with Crippen LogP contribution in [0.3, 0.4) is 0 Å². The van der Waals surface area contributed by atoms with Crippen LogP contribution in [0.2, 0.25) is 0 Å². The van der Waals surface area contributed by atoms with Crippen LogP contribution in [0.1, 0.15) is 31.3 Å². The highest BCUT2D eigenvalue weighted by molar-refractivity contribution is 7.17. The molecule has 4 aromatic rings. The van der Waals surface area contributed by atoms with Gasteiger partial charge in [0.1, 0.15) is 10.4 Å². The van der Waals surface area contributed by atoms with Crippen molar-refractivity contribution in [1.29, 1.82) is 0 Å².